The van der Waals surface area contributed by atoms with Crippen LogP contribution in [0.3, 0.4) is 0 Å². The number of ether oxygens (including phenoxy) is 1. The highest BCUT2D eigenvalue weighted by Gasteiger charge is 2.11. The number of carbonyl (C=O) groups is 1. The molecule has 7 heteroatoms. The van der Waals surface area contributed by atoms with E-state index in [9.17, 15) is 4.79 Å². The van der Waals surface area contributed by atoms with Gasteiger partial charge in [0.15, 0.2) is 5.82 Å². The molecular weight excluding hydrogens is 282 g/mol. The second kappa shape index (κ2) is 6.74. The third kappa shape index (κ3) is 4.09. The number of aromatic nitrogens is 2. The van der Waals surface area contributed by atoms with Gasteiger partial charge in [-0.1, -0.05) is 0 Å². The number of amides is 1. The summed E-state index contributed by atoms with van der Waals surface area (Å²) >= 11 is 2.79. The van der Waals surface area contributed by atoms with Crippen molar-refractivity contribution in [2.24, 2.45) is 0 Å². The average molecular weight is 297 g/mol. The predicted octanol–water partition coefficient (Wildman–Crippen LogP) is 3.02. The Labute approximate surface area is 119 Å². The summed E-state index contributed by atoms with van der Waals surface area (Å²) in [5.74, 6) is 0.601. The molecule has 5 nitrogen and oxygen atoms in total. The molecule has 1 N–H and O–H groups in total. The molecule has 0 aromatic carbocycles. The standard InChI is InChI=1S/C12H15N3O2S2/c1-8(17-2)3-4-10(16)13-12-14-11(15-19-12)9-5-6-18-7-9/h5-8H,3-4H2,1-2H3,(H,13,14,15,16). The van der Waals surface area contributed by atoms with E-state index in [2.05, 4.69) is 14.7 Å². The van der Waals surface area contributed by atoms with Crippen LogP contribution in [-0.4, -0.2) is 28.5 Å². The molecule has 2 heterocycles. The van der Waals surface area contributed by atoms with Crippen molar-refractivity contribution in [1.82, 2.24) is 9.36 Å². The number of nitrogens with zero attached hydrogens (tertiary/aromatic N) is 2. The summed E-state index contributed by atoms with van der Waals surface area (Å²) in [4.78, 5) is 16.0. The Kier molecular flexibility index (Phi) is 5.00. The first kappa shape index (κ1) is 14.1. The van der Waals surface area contributed by atoms with Crippen LogP contribution in [0.4, 0.5) is 5.13 Å². The van der Waals surface area contributed by atoms with Crippen LogP contribution in [0.5, 0.6) is 0 Å². The van der Waals surface area contributed by atoms with E-state index in [0.29, 0.717) is 23.8 Å². The highest BCUT2D eigenvalue weighted by molar-refractivity contribution is 7.10. The lowest BCUT2D eigenvalue weighted by molar-refractivity contribution is -0.116. The number of hydrogen-bond acceptors (Lipinski definition) is 6. The van der Waals surface area contributed by atoms with Crippen molar-refractivity contribution in [3.05, 3.63) is 16.8 Å². The molecule has 0 aliphatic heterocycles. The Morgan fingerprint density at radius 2 is 2.42 bits per heavy atom. The Bertz CT molecular complexity index is 525. The predicted molar refractivity (Wildman–Crippen MR) is 77.6 cm³/mol. The lowest BCUT2D eigenvalue weighted by atomic mass is 10.2. The van der Waals surface area contributed by atoms with Gasteiger partial charge >= 0.3 is 0 Å². The van der Waals surface area contributed by atoms with E-state index in [1.807, 2.05) is 23.8 Å². The Hall–Kier alpha value is -1.31. The van der Waals surface area contributed by atoms with E-state index in [1.54, 1.807) is 18.4 Å². The molecule has 102 valence electrons. The van der Waals surface area contributed by atoms with Crippen LogP contribution >= 0.6 is 22.9 Å². The number of thiophene rings is 1. The van der Waals surface area contributed by atoms with Crippen molar-refractivity contribution in [2.75, 3.05) is 12.4 Å². The molecule has 1 atom stereocenters. The Balaban J connectivity index is 1.88. The lowest BCUT2D eigenvalue weighted by Crippen LogP contribution is -2.14. The highest BCUT2D eigenvalue weighted by atomic mass is 32.1. The highest BCUT2D eigenvalue weighted by Crippen LogP contribution is 2.23. The molecule has 0 bridgehead atoms. The minimum atomic E-state index is -0.0584. The number of nitrogens with one attached hydrogen (secondary N) is 1. The SMILES string of the molecule is COC(C)CCC(=O)Nc1nc(-c2ccsc2)ns1. The molecule has 2 aromatic heterocycles. The zero-order valence-corrected chi connectivity index (χ0v) is 12.4. The van der Waals surface area contributed by atoms with Crippen molar-refractivity contribution < 1.29 is 9.53 Å². The lowest BCUT2D eigenvalue weighted by Gasteiger charge is -2.07. The van der Waals surface area contributed by atoms with Gasteiger partial charge in [0.05, 0.1) is 6.10 Å². The summed E-state index contributed by atoms with van der Waals surface area (Å²) in [6, 6.07) is 1.96. The van der Waals surface area contributed by atoms with Crippen LogP contribution in [0.25, 0.3) is 11.4 Å². The van der Waals surface area contributed by atoms with Crippen molar-refractivity contribution >= 4 is 33.9 Å². The first-order valence-corrected chi connectivity index (χ1v) is 7.59. The minimum Gasteiger partial charge on any atom is -0.382 e. The first-order valence-electron chi connectivity index (χ1n) is 5.88. The summed E-state index contributed by atoms with van der Waals surface area (Å²) in [5.41, 5.74) is 0.981. The van der Waals surface area contributed by atoms with Crippen LogP contribution in [0.1, 0.15) is 19.8 Å². The second-order valence-electron chi connectivity index (χ2n) is 4.07. The fourth-order valence-corrected chi connectivity index (χ4v) is 2.66. The summed E-state index contributed by atoms with van der Waals surface area (Å²) < 4.78 is 9.32. The summed E-state index contributed by atoms with van der Waals surface area (Å²) in [7, 11) is 1.64. The summed E-state index contributed by atoms with van der Waals surface area (Å²) in [5, 5.41) is 7.25. The molecule has 2 aromatic rings. The van der Waals surface area contributed by atoms with Gasteiger partial charge in [0.2, 0.25) is 11.0 Å². The second-order valence-corrected chi connectivity index (χ2v) is 5.60. The zero-order chi connectivity index (χ0) is 13.7. The quantitative estimate of drug-likeness (QED) is 0.890. The summed E-state index contributed by atoms with van der Waals surface area (Å²) in [6.07, 6.45) is 1.20. The molecule has 0 radical (unpaired) electrons. The molecule has 0 aliphatic carbocycles. The van der Waals surface area contributed by atoms with E-state index < -0.39 is 0 Å². The fraction of sp³-hybridized carbons (Fsp3) is 0.417. The van der Waals surface area contributed by atoms with Gasteiger partial charge in [0.1, 0.15) is 0 Å². The van der Waals surface area contributed by atoms with Gasteiger partial charge in [-0.05, 0) is 24.8 Å². The van der Waals surface area contributed by atoms with Gasteiger partial charge < -0.3 is 10.1 Å². The van der Waals surface area contributed by atoms with Gasteiger partial charge in [0.25, 0.3) is 0 Å². The molecular formula is C12H15N3O2S2. The molecule has 0 saturated carbocycles. The van der Waals surface area contributed by atoms with Gasteiger partial charge in [-0.15, -0.1) is 0 Å². The number of hydrogen-bond donors (Lipinski definition) is 1. The number of carbonyl (C=O) groups excluding carboxylic acids is 1. The van der Waals surface area contributed by atoms with Gasteiger partial charge in [-0.3, -0.25) is 4.79 Å². The van der Waals surface area contributed by atoms with Crippen LogP contribution in [0.15, 0.2) is 16.8 Å². The van der Waals surface area contributed by atoms with Crippen molar-refractivity contribution in [3.8, 4) is 11.4 Å². The molecule has 2 rings (SSSR count). The number of methoxy groups -OCH3 is 1. The van der Waals surface area contributed by atoms with E-state index in [0.717, 1.165) is 5.56 Å². The number of rotatable bonds is 6. The van der Waals surface area contributed by atoms with Crippen LogP contribution < -0.4 is 5.32 Å². The van der Waals surface area contributed by atoms with Crippen LogP contribution in [-0.2, 0) is 9.53 Å². The van der Waals surface area contributed by atoms with E-state index in [1.165, 1.54) is 11.5 Å². The molecule has 0 spiro atoms. The smallest absolute Gasteiger partial charge is 0.226 e. The van der Waals surface area contributed by atoms with Gasteiger partial charge in [-0.2, -0.15) is 20.7 Å². The largest absolute Gasteiger partial charge is 0.382 e. The van der Waals surface area contributed by atoms with Gasteiger partial charge in [-0.25, -0.2) is 0 Å². The monoisotopic (exact) mass is 297 g/mol. The fourth-order valence-electron chi connectivity index (χ4n) is 1.42. The number of anilines is 1. The normalized spacial score (nSPS) is 12.3. The summed E-state index contributed by atoms with van der Waals surface area (Å²) in [6.45, 7) is 1.94. The minimum absolute atomic E-state index is 0.0584. The van der Waals surface area contributed by atoms with Crippen LogP contribution in [0.2, 0.25) is 0 Å². The average Bonchev–Trinajstić information content (AvgIpc) is 3.06. The Morgan fingerprint density at radius 1 is 1.58 bits per heavy atom. The first-order chi connectivity index (χ1) is 9.19. The Morgan fingerprint density at radius 3 is 3.11 bits per heavy atom. The molecule has 1 unspecified atom stereocenters. The van der Waals surface area contributed by atoms with E-state index >= 15 is 0 Å². The maximum absolute atomic E-state index is 11.7. The molecule has 0 aliphatic rings. The van der Waals surface area contributed by atoms with E-state index in [4.69, 9.17) is 4.74 Å². The molecule has 1 amide bonds. The maximum Gasteiger partial charge on any atom is 0.226 e. The van der Waals surface area contributed by atoms with Crippen LogP contribution in [0, 0.1) is 0 Å². The topological polar surface area (TPSA) is 64.1 Å². The molecule has 19 heavy (non-hydrogen) atoms. The third-order valence-electron chi connectivity index (χ3n) is 2.63. The third-order valence-corrected chi connectivity index (χ3v) is 3.95. The van der Waals surface area contributed by atoms with Crippen molar-refractivity contribution in [1.29, 1.82) is 0 Å². The zero-order valence-electron chi connectivity index (χ0n) is 10.8. The van der Waals surface area contributed by atoms with Crippen molar-refractivity contribution in [2.45, 2.75) is 25.9 Å². The van der Waals surface area contributed by atoms with Crippen molar-refractivity contribution in [3.63, 3.8) is 0 Å². The molecule has 0 saturated heterocycles. The maximum atomic E-state index is 11.7. The van der Waals surface area contributed by atoms with Gasteiger partial charge in [0, 0.05) is 36.0 Å². The van der Waals surface area contributed by atoms with E-state index in [-0.39, 0.29) is 12.0 Å². The molecule has 0 fully saturated rings.